The van der Waals surface area contributed by atoms with Gasteiger partial charge in [0.2, 0.25) is 0 Å². The van der Waals surface area contributed by atoms with Gasteiger partial charge in [0.15, 0.2) is 0 Å². The number of amides is 1. The minimum atomic E-state index is 0.0996. The average molecular weight is 229 g/mol. The lowest BCUT2D eigenvalue weighted by atomic mass is 9.95. The van der Waals surface area contributed by atoms with E-state index in [4.69, 9.17) is 0 Å². The van der Waals surface area contributed by atoms with Crippen LogP contribution < -0.4 is 5.32 Å². The van der Waals surface area contributed by atoms with Crippen molar-refractivity contribution in [3.8, 4) is 0 Å². The van der Waals surface area contributed by atoms with Gasteiger partial charge in [0.05, 0.1) is 0 Å². The number of carbonyl (C=O) groups excluding carboxylic acids is 1. The summed E-state index contributed by atoms with van der Waals surface area (Å²) in [4.78, 5) is 12.1. The van der Waals surface area contributed by atoms with Gasteiger partial charge < -0.3 is 5.32 Å². The third-order valence-corrected chi connectivity index (χ3v) is 4.37. The fraction of sp³-hybridized carbons (Fsp3) is 0.533. The summed E-state index contributed by atoms with van der Waals surface area (Å²) in [6.45, 7) is 2.04. The van der Waals surface area contributed by atoms with Crippen molar-refractivity contribution < 1.29 is 4.79 Å². The summed E-state index contributed by atoms with van der Waals surface area (Å²) in [5, 5.41) is 3.21. The molecule has 0 aromatic heterocycles. The van der Waals surface area contributed by atoms with E-state index in [1.165, 1.54) is 31.2 Å². The molecule has 2 aliphatic carbocycles. The zero-order chi connectivity index (χ0) is 11.8. The van der Waals surface area contributed by atoms with Crippen LogP contribution in [0.15, 0.2) is 24.3 Å². The molecule has 2 heteroatoms. The van der Waals surface area contributed by atoms with Crippen LogP contribution in [0, 0.1) is 18.8 Å². The molecule has 1 amide bonds. The summed E-state index contributed by atoms with van der Waals surface area (Å²) in [5.41, 5.74) is 1.99. The van der Waals surface area contributed by atoms with Gasteiger partial charge in [0.1, 0.15) is 0 Å². The molecule has 2 saturated carbocycles. The lowest BCUT2D eigenvalue weighted by Gasteiger charge is -2.22. The van der Waals surface area contributed by atoms with Crippen LogP contribution in [0.3, 0.4) is 0 Å². The van der Waals surface area contributed by atoms with Gasteiger partial charge in [-0.15, -0.1) is 0 Å². The van der Waals surface area contributed by atoms with Crippen molar-refractivity contribution >= 4 is 5.91 Å². The lowest BCUT2D eigenvalue weighted by molar-refractivity contribution is 0.0923. The molecule has 0 saturated heterocycles. The van der Waals surface area contributed by atoms with E-state index in [1.807, 2.05) is 31.2 Å². The van der Waals surface area contributed by atoms with Gasteiger partial charge in [0, 0.05) is 11.6 Å². The summed E-state index contributed by atoms with van der Waals surface area (Å²) >= 11 is 0. The quantitative estimate of drug-likeness (QED) is 0.830. The Kier molecular flexibility index (Phi) is 2.65. The van der Waals surface area contributed by atoms with E-state index >= 15 is 0 Å². The molecular formula is C15H19NO. The highest BCUT2D eigenvalue weighted by atomic mass is 16.1. The first-order valence-corrected chi connectivity index (χ1v) is 6.60. The van der Waals surface area contributed by atoms with E-state index in [0.29, 0.717) is 6.04 Å². The van der Waals surface area contributed by atoms with Crippen molar-refractivity contribution in [2.75, 3.05) is 0 Å². The van der Waals surface area contributed by atoms with Crippen LogP contribution in [0.2, 0.25) is 0 Å². The number of hydrogen-bond donors (Lipinski definition) is 1. The highest BCUT2D eigenvalue weighted by Gasteiger charge is 2.40. The molecule has 3 atom stereocenters. The molecule has 1 aromatic carbocycles. The van der Waals surface area contributed by atoms with Crippen molar-refractivity contribution in [1.82, 2.24) is 5.32 Å². The summed E-state index contributed by atoms with van der Waals surface area (Å²) in [7, 11) is 0. The SMILES string of the molecule is Cc1ccc(C(=O)N[C@H]2C[C@H]3CC[C@H]2C3)cc1. The second kappa shape index (κ2) is 4.17. The Balaban J connectivity index is 1.65. The normalized spacial score (nSPS) is 30.5. The Morgan fingerprint density at radius 2 is 1.94 bits per heavy atom. The number of carbonyl (C=O) groups is 1. The van der Waals surface area contributed by atoms with Gasteiger partial charge in [-0.3, -0.25) is 4.79 Å². The van der Waals surface area contributed by atoms with Crippen LogP contribution in [0.5, 0.6) is 0 Å². The van der Waals surface area contributed by atoms with Crippen LogP contribution in [0.1, 0.15) is 41.6 Å². The Labute approximate surface area is 102 Å². The topological polar surface area (TPSA) is 29.1 Å². The Hall–Kier alpha value is -1.31. The number of nitrogens with one attached hydrogen (secondary N) is 1. The number of benzene rings is 1. The first kappa shape index (κ1) is 10.8. The van der Waals surface area contributed by atoms with Crippen LogP contribution in [0.4, 0.5) is 0 Å². The fourth-order valence-corrected chi connectivity index (χ4v) is 3.38. The maximum absolute atomic E-state index is 12.1. The highest BCUT2D eigenvalue weighted by Crippen LogP contribution is 2.44. The molecule has 3 rings (SSSR count). The minimum absolute atomic E-state index is 0.0996. The second-order valence-corrected chi connectivity index (χ2v) is 5.62. The van der Waals surface area contributed by atoms with E-state index < -0.39 is 0 Å². The van der Waals surface area contributed by atoms with Crippen LogP contribution in [-0.4, -0.2) is 11.9 Å². The van der Waals surface area contributed by atoms with Gasteiger partial charge >= 0.3 is 0 Å². The standard InChI is InChI=1S/C15H19NO/c1-10-2-5-12(6-3-10)15(17)16-14-9-11-4-7-13(14)8-11/h2-3,5-6,11,13-14H,4,7-9H2,1H3,(H,16,17)/t11-,13-,14-/m0/s1. The summed E-state index contributed by atoms with van der Waals surface area (Å²) in [6.07, 6.45) is 5.21. The second-order valence-electron chi connectivity index (χ2n) is 5.62. The molecule has 1 aromatic rings. The Morgan fingerprint density at radius 1 is 1.18 bits per heavy atom. The maximum atomic E-state index is 12.1. The average Bonchev–Trinajstić information content (AvgIpc) is 2.91. The summed E-state index contributed by atoms with van der Waals surface area (Å²) < 4.78 is 0. The number of aryl methyl sites for hydroxylation is 1. The lowest BCUT2D eigenvalue weighted by Crippen LogP contribution is -2.38. The maximum Gasteiger partial charge on any atom is 0.251 e. The molecule has 2 nitrogen and oxygen atoms in total. The minimum Gasteiger partial charge on any atom is -0.349 e. The molecule has 0 aliphatic heterocycles. The predicted octanol–water partition coefficient (Wildman–Crippen LogP) is 2.91. The first-order valence-electron chi connectivity index (χ1n) is 6.60. The van der Waals surface area contributed by atoms with E-state index in [-0.39, 0.29) is 5.91 Å². The molecule has 0 spiro atoms. The predicted molar refractivity (Wildman–Crippen MR) is 67.9 cm³/mol. The van der Waals surface area contributed by atoms with E-state index in [0.717, 1.165) is 17.4 Å². The van der Waals surface area contributed by atoms with Gasteiger partial charge in [-0.2, -0.15) is 0 Å². The van der Waals surface area contributed by atoms with Crippen LogP contribution >= 0.6 is 0 Å². The molecule has 0 heterocycles. The van der Waals surface area contributed by atoms with Crippen molar-refractivity contribution in [2.45, 2.75) is 38.6 Å². The number of hydrogen-bond acceptors (Lipinski definition) is 1. The fourth-order valence-electron chi connectivity index (χ4n) is 3.38. The summed E-state index contributed by atoms with van der Waals surface area (Å²) in [5.74, 6) is 1.72. The number of fused-ring (bicyclic) bond motifs is 2. The first-order chi connectivity index (χ1) is 8.22. The van der Waals surface area contributed by atoms with Gasteiger partial charge in [0.25, 0.3) is 5.91 Å². The third-order valence-electron chi connectivity index (χ3n) is 4.37. The Morgan fingerprint density at radius 3 is 2.53 bits per heavy atom. The molecule has 17 heavy (non-hydrogen) atoms. The molecule has 2 bridgehead atoms. The third kappa shape index (κ3) is 2.08. The zero-order valence-corrected chi connectivity index (χ0v) is 10.3. The van der Waals surface area contributed by atoms with Crippen molar-refractivity contribution in [1.29, 1.82) is 0 Å². The zero-order valence-electron chi connectivity index (χ0n) is 10.3. The summed E-state index contributed by atoms with van der Waals surface area (Å²) in [6, 6.07) is 8.25. The van der Waals surface area contributed by atoms with Gasteiger partial charge in [-0.05, 0) is 50.2 Å². The van der Waals surface area contributed by atoms with E-state index in [2.05, 4.69) is 5.32 Å². The molecule has 0 unspecified atom stereocenters. The molecule has 2 aliphatic rings. The van der Waals surface area contributed by atoms with Crippen molar-refractivity contribution in [3.05, 3.63) is 35.4 Å². The van der Waals surface area contributed by atoms with E-state index in [9.17, 15) is 4.79 Å². The largest absolute Gasteiger partial charge is 0.349 e. The van der Waals surface area contributed by atoms with Crippen LogP contribution in [0.25, 0.3) is 0 Å². The number of rotatable bonds is 2. The van der Waals surface area contributed by atoms with Crippen LogP contribution in [-0.2, 0) is 0 Å². The molecular weight excluding hydrogens is 210 g/mol. The van der Waals surface area contributed by atoms with Gasteiger partial charge in [-0.25, -0.2) is 0 Å². The molecule has 1 N–H and O–H groups in total. The van der Waals surface area contributed by atoms with E-state index in [1.54, 1.807) is 0 Å². The Bertz CT molecular complexity index is 423. The highest BCUT2D eigenvalue weighted by molar-refractivity contribution is 5.94. The van der Waals surface area contributed by atoms with Gasteiger partial charge in [-0.1, -0.05) is 24.1 Å². The molecule has 0 radical (unpaired) electrons. The monoisotopic (exact) mass is 229 g/mol. The van der Waals surface area contributed by atoms with Crippen molar-refractivity contribution in [3.63, 3.8) is 0 Å². The van der Waals surface area contributed by atoms with Crippen molar-refractivity contribution in [2.24, 2.45) is 11.8 Å². The smallest absolute Gasteiger partial charge is 0.251 e. The molecule has 90 valence electrons. The molecule has 2 fully saturated rings.